The molecule has 0 aliphatic carbocycles. The summed E-state index contributed by atoms with van der Waals surface area (Å²) in [4.78, 5) is 10.8. The first-order chi connectivity index (χ1) is 6.61. The predicted molar refractivity (Wildman–Crippen MR) is 44.8 cm³/mol. The number of benzene rings is 1. The molecule has 1 amide bonds. The SMILES string of the molecule is N#Cc1ccc(C(=O)NO)c(F)c1N. The monoisotopic (exact) mass is 195 g/mol. The summed E-state index contributed by atoms with van der Waals surface area (Å²) in [7, 11) is 0. The van der Waals surface area contributed by atoms with E-state index in [9.17, 15) is 9.18 Å². The molecule has 0 unspecified atom stereocenters. The van der Waals surface area contributed by atoms with Crippen molar-refractivity contribution in [3.8, 4) is 6.07 Å². The molecule has 0 aliphatic heterocycles. The molecule has 0 heterocycles. The maximum Gasteiger partial charge on any atom is 0.277 e. The number of carbonyl (C=O) groups is 1. The molecule has 0 aliphatic rings. The lowest BCUT2D eigenvalue weighted by Crippen LogP contribution is -2.20. The number of halogens is 1. The van der Waals surface area contributed by atoms with Crippen molar-refractivity contribution in [3.63, 3.8) is 0 Å². The molecule has 0 atom stereocenters. The highest BCUT2D eigenvalue weighted by atomic mass is 19.1. The molecule has 0 saturated carbocycles. The minimum Gasteiger partial charge on any atom is -0.395 e. The van der Waals surface area contributed by atoms with Crippen molar-refractivity contribution in [1.29, 1.82) is 5.26 Å². The predicted octanol–water partition coefficient (Wildman–Crippen LogP) is 0.399. The number of hydroxylamine groups is 1. The lowest BCUT2D eigenvalue weighted by Gasteiger charge is -2.04. The lowest BCUT2D eigenvalue weighted by molar-refractivity contribution is 0.0702. The Bertz CT molecular complexity index is 425. The normalized spacial score (nSPS) is 9.21. The van der Waals surface area contributed by atoms with E-state index in [1.807, 2.05) is 0 Å². The molecular weight excluding hydrogens is 189 g/mol. The van der Waals surface area contributed by atoms with Crippen molar-refractivity contribution < 1.29 is 14.4 Å². The van der Waals surface area contributed by atoms with Gasteiger partial charge < -0.3 is 5.73 Å². The standard InChI is InChI=1S/C8H6FN3O2/c9-6-5(8(13)12-14)2-1-4(3-10)7(6)11/h1-2,14H,11H2,(H,12,13). The molecule has 1 rings (SSSR count). The van der Waals surface area contributed by atoms with Gasteiger partial charge in [-0.3, -0.25) is 10.0 Å². The lowest BCUT2D eigenvalue weighted by atomic mass is 10.1. The van der Waals surface area contributed by atoms with E-state index >= 15 is 0 Å². The van der Waals surface area contributed by atoms with Crippen molar-refractivity contribution in [2.24, 2.45) is 0 Å². The van der Waals surface area contributed by atoms with Gasteiger partial charge in [0.1, 0.15) is 6.07 Å². The van der Waals surface area contributed by atoms with Crippen molar-refractivity contribution in [2.75, 3.05) is 5.73 Å². The maximum absolute atomic E-state index is 13.2. The number of nitrogens with one attached hydrogen (secondary N) is 1. The molecule has 6 heteroatoms. The summed E-state index contributed by atoms with van der Waals surface area (Å²) in [5.74, 6) is -2.03. The van der Waals surface area contributed by atoms with Gasteiger partial charge in [-0.2, -0.15) is 5.26 Å². The van der Waals surface area contributed by atoms with Gasteiger partial charge in [-0.05, 0) is 12.1 Å². The molecule has 0 fully saturated rings. The average molecular weight is 195 g/mol. The molecule has 14 heavy (non-hydrogen) atoms. The van der Waals surface area contributed by atoms with E-state index in [1.54, 1.807) is 6.07 Å². The van der Waals surface area contributed by atoms with Gasteiger partial charge in [-0.1, -0.05) is 0 Å². The van der Waals surface area contributed by atoms with E-state index in [1.165, 1.54) is 11.5 Å². The second-order valence-electron chi connectivity index (χ2n) is 2.44. The van der Waals surface area contributed by atoms with Crippen LogP contribution >= 0.6 is 0 Å². The van der Waals surface area contributed by atoms with Crippen LogP contribution in [0.2, 0.25) is 0 Å². The first kappa shape index (κ1) is 9.95. The van der Waals surface area contributed by atoms with Gasteiger partial charge in [-0.25, -0.2) is 9.87 Å². The van der Waals surface area contributed by atoms with E-state index in [0.717, 1.165) is 6.07 Å². The van der Waals surface area contributed by atoms with Crippen LogP contribution in [0.25, 0.3) is 0 Å². The number of nitrogens with two attached hydrogens (primary N) is 1. The quantitative estimate of drug-likeness (QED) is 0.343. The fourth-order valence-electron chi connectivity index (χ4n) is 0.926. The molecule has 0 aromatic heterocycles. The summed E-state index contributed by atoms with van der Waals surface area (Å²) < 4.78 is 13.2. The van der Waals surface area contributed by atoms with Crippen LogP contribution in [0.4, 0.5) is 10.1 Å². The van der Waals surface area contributed by atoms with Crippen LogP contribution in [0, 0.1) is 17.1 Å². The number of carbonyl (C=O) groups excluding carboxylic acids is 1. The Morgan fingerprint density at radius 2 is 2.29 bits per heavy atom. The molecule has 0 bridgehead atoms. The van der Waals surface area contributed by atoms with E-state index in [4.69, 9.17) is 16.2 Å². The van der Waals surface area contributed by atoms with Crippen molar-refractivity contribution in [1.82, 2.24) is 5.48 Å². The molecule has 72 valence electrons. The highest BCUT2D eigenvalue weighted by molar-refractivity contribution is 5.95. The number of nitrogens with zero attached hydrogens (tertiary/aromatic N) is 1. The number of amides is 1. The zero-order valence-electron chi connectivity index (χ0n) is 6.91. The number of rotatable bonds is 1. The van der Waals surface area contributed by atoms with Gasteiger partial charge in [0.25, 0.3) is 5.91 Å². The Morgan fingerprint density at radius 1 is 1.64 bits per heavy atom. The van der Waals surface area contributed by atoms with E-state index in [2.05, 4.69) is 0 Å². The maximum atomic E-state index is 13.2. The van der Waals surface area contributed by atoms with Crippen LogP contribution in [-0.2, 0) is 0 Å². The second-order valence-corrected chi connectivity index (χ2v) is 2.44. The van der Waals surface area contributed by atoms with Crippen LogP contribution < -0.4 is 11.2 Å². The van der Waals surface area contributed by atoms with Crippen LogP contribution in [0.3, 0.4) is 0 Å². The molecule has 0 spiro atoms. The molecular formula is C8H6FN3O2. The van der Waals surface area contributed by atoms with Crippen LogP contribution in [-0.4, -0.2) is 11.1 Å². The molecule has 0 radical (unpaired) electrons. The van der Waals surface area contributed by atoms with E-state index in [-0.39, 0.29) is 5.56 Å². The summed E-state index contributed by atoms with van der Waals surface area (Å²) in [5, 5.41) is 16.7. The summed E-state index contributed by atoms with van der Waals surface area (Å²) in [5.41, 5.74) is 5.62. The largest absolute Gasteiger partial charge is 0.395 e. The van der Waals surface area contributed by atoms with E-state index < -0.39 is 23.0 Å². The fourth-order valence-corrected chi connectivity index (χ4v) is 0.926. The Labute approximate surface area is 78.5 Å². The minimum atomic E-state index is -1.02. The van der Waals surface area contributed by atoms with Gasteiger partial charge in [0.15, 0.2) is 5.82 Å². The van der Waals surface area contributed by atoms with Crippen LogP contribution in [0.15, 0.2) is 12.1 Å². The second kappa shape index (κ2) is 3.72. The summed E-state index contributed by atoms with van der Waals surface area (Å²) in [6.45, 7) is 0. The van der Waals surface area contributed by atoms with Crippen LogP contribution in [0.5, 0.6) is 0 Å². The molecule has 1 aromatic rings. The Balaban J connectivity index is 3.33. The third kappa shape index (κ3) is 1.48. The zero-order valence-corrected chi connectivity index (χ0v) is 6.91. The van der Waals surface area contributed by atoms with Crippen LogP contribution in [0.1, 0.15) is 15.9 Å². The number of anilines is 1. The molecule has 1 aromatic carbocycles. The van der Waals surface area contributed by atoms with Crippen molar-refractivity contribution in [3.05, 3.63) is 29.1 Å². The van der Waals surface area contributed by atoms with Gasteiger partial charge in [0, 0.05) is 0 Å². The molecule has 5 nitrogen and oxygen atoms in total. The van der Waals surface area contributed by atoms with Gasteiger partial charge in [0.2, 0.25) is 0 Å². The highest BCUT2D eigenvalue weighted by Crippen LogP contribution is 2.19. The molecule has 4 N–H and O–H groups in total. The zero-order chi connectivity index (χ0) is 10.7. The van der Waals surface area contributed by atoms with Crippen molar-refractivity contribution in [2.45, 2.75) is 0 Å². The van der Waals surface area contributed by atoms with Gasteiger partial charge in [0.05, 0.1) is 16.8 Å². The first-order valence-electron chi connectivity index (χ1n) is 3.54. The Kier molecular flexibility index (Phi) is 2.65. The summed E-state index contributed by atoms with van der Waals surface area (Å²) in [6, 6.07) is 3.92. The third-order valence-electron chi connectivity index (χ3n) is 1.65. The summed E-state index contributed by atoms with van der Waals surface area (Å²) >= 11 is 0. The average Bonchev–Trinajstić information content (AvgIpc) is 2.21. The number of nitrogen functional groups attached to an aromatic ring is 1. The highest BCUT2D eigenvalue weighted by Gasteiger charge is 2.15. The van der Waals surface area contributed by atoms with Gasteiger partial charge >= 0.3 is 0 Å². The Morgan fingerprint density at radius 3 is 2.79 bits per heavy atom. The first-order valence-corrected chi connectivity index (χ1v) is 3.54. The Hall–Kier alpha value is -2.13. The number of hydrogen-bond acceptors (Lipinski definition) is 4. The smallest absolute Gasteiger partial charge is 0.277 e. The number of nitriles is 1. The van der Waals surface area contributed by atoms with E-state index in [0.29, 0.717) is 0 Å². The minimum absolute atomic E-state index is 0.0583. The fraction of sp³-hybridized carbons (Fsp3) is 0. The van der Waals surface area contributed by atoms with Crippen molar-refractivity contribution >= 4 is 11.6 Å². The third-order valence-corrected chi connectivity index (χ3v) is 1.65. The summed E-state index contributed by atoms with van der Waals surface area (Å²) in [6.07, 6.45) is 0. The molecule has 0 saturated heterocycles. The number of hydrogen-bond donors (Lipinski definition) is 3. The van der Waals surface area contributed by atoms with Gasteiger partial charge in [-0.15, -0.1) is 0 Å². The topological polar surface area (TPSA) is 99.1 Å².